The van der Waals surface area contributed by atoms with Crippen molar-refractivity contribution >= 4 is 16.6 Å². The fraction of sp³-hybridized carbons (Fsp3) is 0.250. The van der Waals surface area contributed by atoms with Crippen molar-refractivity contribution in [1.82, 2.24) is 14.9 Å². The summed E-state index contributed by atoms with van der Waals surface area (Å²) in [5.74, 6) is 0. The van der Waals surface area contributed by atoms with E-state index < -0.39 is 0 Å². The van der Waals surface area contributed by atoms with Crippen LogP contribution in [0.4, 0.5) is 0 Å². The molecule has 2 aromatic heterocycles. The molecular formula is C12H13N3. The van der Waals surface area contributed by atoms with Gasteiger partial charge in [0.15, 0.2) is 0 Å². The Morgan fingerprint density at radius 3 is 3.20 bits per heavy atom. The minimum Gasteiger partial charge on any atom is -0.380 e. The van der Waals surface area contributed by atoms with Crippen LogP contribution in [0.15, 0.2) is 30.7 Å². The molecule has 3 nitrogen and oxygen atoms in total. The standard InChI is InChI=1S/C12H13N3/c1-15-6-4-9(8-15)11-7-14-12-10(11)3-2-5-13-12/h2-3,5,7-8H,4,6H2,1H3,(H,13,14). The first-order chi connectivity index (χ1) is 7.34. The molecule has 0 amide bonds. The van der Waals surface area contributed by atoms with E-state index in [2.05, 4.69) is 40.4 Å². The molecule has 0 bridgehead atoms. The quantitative estimate of drug-likeness (QED) is 0.763. The van der Waals surface area contributed by atoms with Gasteiger partial charge in [0.25, 0.3) is 0 Å². The number of pyridine rings is 1. The zero-order valence-corrected chi connectivity index (χ0v) is 8.70. The predicted octanol–water partition coefficient (Wildman–Crippen LogP) is 2.24. The Bertz CT molecular complexity index is 524. The summed E-state index contributed by atoms with van der Waals surface area (Å²) in [7, 11) is 2.11. The lowest BCUT2D eigenvalue weighted by molar-refractivity contribution is 0.496. The minimum atomic E-state index is 0.975. The average Bonchev–Trinajstić information content (AvgIpc) is 2.83. The van der Waals surface area contributed by atoms with E-state index in [1.165, 1.54) is 16.5 Å². The number of nitrogens with one attached hydrogen (secondary N) is 1. The van der Waals surface area contributed by atoms with E-state index in [1.54, 1.807) is 0 Å². The van der Waals surface area contributed by atoms with Crippen LogP contribution in [0.1, 0.15) is 12.0 Å². The SMILES string of the molecule is CN1C=C(c2c[nH]c3ncccc23)CC1. The summed E-state index contributed by atoms with van der Waals surface area (Å²) in [4.78, 5) is 9.73. The summed E-state index contributed by atoms with van der Waals surface area (Å²) in [6, 6.07) is 4.10. The van der Waals surface area contributed by atoms with Gasteiger partial charge in [-0.3, -0.25) is 0 Å². The largest absolute Gasteiger partial charge is 0.380 e. The summed E-state index contributed by atoms with van der Waals surface area (Å²) in [6.07, 6.45) is 7.22. The van der Waals surface area contributed by atoms with Crippen molar-refractivity contribution in [3.8, 4) is 0 Å². The third-order valence-corrected chi connectivity index (χ3v) is 2.91. The van der Waals surface area contributed by atoms with Crippen molar-refractivity contribution in [2.45, 2.75) is 6.42 Å². The predicted molar refractivity (Wildman–Crippen MR) is 61.3 cm³/mol. The maximum absolute atomic E-state index is 4.30. The first-order valence-electron chi connectivity index (χ1n) is 5.18. The molecule has 0 radical (unpaired) electrons. The lowest BCUT2D eigenvalue weighted by Gasteiger charge is -2.02. The van der Waals surface area contributed by atoms with Crippen molar-refractivity contribution < 1.29 is 0 Å². The molecule has 1 aliphatic heterocycles. The Balaban J connectivity index is 2.15. The summed E-state index contributed by atoms with van der Waals surface area (Å²) < 4.78 is 0. The molecule has 0 unspecified atom stereocenters. The molecule has 76 valence electrons. The normalized spacial score (nSPS) is 16.1. The highest BCUT2D eigenvalue weighted by Gasteiger charge is 2.14. The molecule has 3 heteroatoms. The van der Waals surface area contributed by atoms with Gasteiger partial charge in [-0.2, -0.15) is 0 Å². The zero-order chi connectivity index (χ0) is 10.3. The fourth-order valence-corrected chi connectivity index (χ4v) is 2.12. The second-order valence-corrected chi connectivity index (χ2v) is 3.99. The highest BCUT2D eigenvalue weighted by molar-refractivity contribution is 5.90. The number of aromatic amines is 1. The van der Waals surface area contributed by atoms with Crippen LogP contribution < -0.4 is 0 Å². The second kappa shape index (κ2) is 3.12. The van der Waals surface area contributed by atoms with E-state index in [0.29, 0.717) is 0 Å². The molecule has 3 rings (SSSR count). The number of nitrogens with zero attached hydrogens (tertiary/aromatic N) is 2. The van der Waals surface area contributed by atoms with Gasteiger partial charge in [-0.1, -0.05) is 0 Å². The molecule has 0 saturated heterocycles. The Morgan fingerprint density at radius 1 is 1.47 bits per heavy atom. The van der Waals surface area contributed by atoms with Gasteiger partial charge in [0.05, 0.1) is 0 Å². The monoisotopic (exact) mass is 199 g/mol. The number of hydrogen-bond donors (Lipinski definition) is 1. The molecule has 0 saturated carbocycles. The highest BCUT2D eigenvalue weighted by Crippen LogP contribution is 2.29. The molecule has 0 fully saturated rings. The number of hydrogen-bond acceptors (Lipinski definition) is 2. The highest BCUT2D eigenvalue weighted by atomic mass is 15.1. The van der Waals surface area contributed by atoms with Gasteiger partial charge >= 0.3 is 0 Å². The molecule has 1 N–H and O–H groups in total. The van der Waals surface area contributed by atoms with E-state index in [0.717, 1.165) is 18.6 Å². The summed E-state index contributed by atoms with van der Waals surface area (Å²) in [5, 5.41) is 1.22. The number of H-pyrrole nitrogens is 1. The average molecular weight is 199 g/mol. The molecular weight excluding hydrogens is 186 g/mol. The second-order valence-electron chi connectivity index (χ2n) is 3.99. The van der Waals surface area contributed by atoms with E-state index >= 15 is 0 Å². The van der Waals surface area contributed by atoms with Crippen molar-refractivity contribution in [2.24, 2.45) is 0 Å². The van der Waals surface area contributed by atoms with Crippen molar-refractivity contribution in [3.63, 3.8) is 0 Å². The number of rotatable bonds is 1. The Hall–Kier alpha value is -1.77. The lowest BCUT2D eigenvalue weighted by Crippen LogP contribution is -2.04. The smallest absolute Gasteiger partial charge is 0.137 e. The van der Waals surface area contributed by atoms with Crippen LogP contribution in [0.3, 0.4) is 0 Å². The molecule has 2 aromatic rings. The Labute approximate surface area is 88.4 Å². The molecule has 15 heavy (non-hydrogen) atoms. The summed E-state index contributed by atoms with van der Waals surface area (Å²) in [5.41, 5.74) is 3.67. The molecule has 1 aliphatic rings. The maximum atomic E-state index is 4.30. The minimum absolute atomic E-state index is 0.975. The van der Waals surface area contributed by atoms with Crippen molar-refractivity contribution in [2.75, 3.05) is 13.6 Å². The van der Waals surface area contributed by atoms with Gasteiger partial charge in [0, 0.05) is 43.1 Å². The van der Waals surface area contributed by atoms with Crippen LogP contribution in [-0.4, -0.2) is 28.5 Å². The zero-order valence-electron chi connectivity index (χ0n) is 8.70. The van der Waals surface area contributed by atoms with E-state index in [-0.39, 0.29) is 0 Å². The van der Waals surface area contributed by atoms with Gasteiger partial charge in [-0.25, -0.2) is 4.98 Å². The maximum Gasteiger partial charge on any atom is 0.137 e. The van der Waals surface area contributed by atoms with Crippen LogP contribution in [0.2, 0.25) is 0 Å². The molecule has 0 aliphatic carbocycles. The van der Waals surface area contributed by atoms with Gasteiger partial charge in [-0.15, -0.1) is 0 Å². The third kappa shape index (κ3) is 1.31. The van der Waals surface area contributed by atoms with Crippen LogP contribution >= 0.6 is 0 Å². The van der Waals surface area contributed by atoms with Gasteiger partial charge in [0.1, 0.15) is 5.65 Å². The van der Waals surface area contributed by atoms with Crippen LogP contribution in [0.5, 0.6) is 0 Å². The first kappa shape index (κ1) is 8.53. The van der Waals surface area contributed by atoms with Crippen molar-refractivity contribution in [3.05, 3.63) is 36.3 Å². The number of aromatic nitrogens is 2. The van der Waals surface area contributed by atoms with Crippen molar-refractivity contribution in [1.29, 1.82) is 0 Å². The third-order valence-electron chi connectivity index (χ3n) is 2.91. The Kier molecular flexibility index (Phi) is 1.78. The molecule has 0 atom stereocenters. The Morgan fingerprint density at radius 2 is 2.40 bits per heavy atom. The molecule has 0 aromatic carbocycles. The van der Waals surface area contributed by atoms with Gasteiger partial charge in [0.2, 0.25) is 0 Å². The summed E-state index contributed by atoms with van der Waals surface area (Å²) in [6.45, 7) is 1.11. The van der Waals surface area contributed by atoms with Crippen LogP contribution in [0.25, 0.3) is 16.6 Å². The van der Waals surface area contributed by atoms with E-state index in [9.17, 15) is 0 Å². The topological polar surface area (TPSA) is 31.9 Å². The van der Waals surface area contributed by atoms with E-state index in [1.807, 2.05) is 12.3 Å². The fourth-order valence-electron chi connectivity index (χ4n) is 2.12. The summed E-state index contributed by atoms with van der Waals surface area (Å²) >= 11 is 0. The van der Waals surface area contributed by atoms with Gasteiger partial charge < -0.3 is 9.88 Å². The van der Waals surface area contributed by atoms with Gasteiger partial charge in [-0.05, 0) is 24.1 Å². The number of fused-ring (bicyclic) bond motifs is 1. The molecule has 0 spiro atoms. The first-order valence-corrected chi connectivity index (χ1v) is 5.18. The van der Waals surface area contributed by atoms with Crippen LogP contribution in [0, 0.1) is 0 Å². The lowest BCUT2D eigenvalue weighted by atomic mass is 10.1. The van der Waals surface area contributed by atoms with E-state index in [4.69, 9.17) is 0 Å². The molecule has 3 heterocycles. The van der Waals surface area contributed by atoms with Crippen LogP contribution in [-0.2, 0) is 0 Å².